The highest BCUT2D eigenvalue weighted by atomic mass is 79.9. The van der Waals surface area contributed by atoms with Gasteiger partial charge < -0.3 is 10.1 Å². The highest BCUT2D eigenvalue weighted by molar-refractivity contribution is 9.10. The number of fused-ring (bicyclic) bond motifs is 2. The monoisotopic (exact) mass is 400 g/mol. The zero-order chi connectivity index (χ0) is 17.6. The molecule has 2 amide bonds. The quantitative estimate of drug-likeness (QED) is 0.804. The summed E-state index contributed by atoms with van der Waals surface area (Å²) in [7, 11) is 1.64. The third-order valence-corrected chi connectivity index (χ3v) is 5.58. The molecule has 1 unspecified atom stereocenters. The first kappa shape index (κ1) is 16.3. The molecular weight excluding hydrogens is 384 g/mol. The Hall–Kier alpha value is -2.18. The molecule has 0 spiro atoms. The fraction of sp³-hybridized carbons (Fsp3) is 0.263. The number of benzene rings is 2. The topological polar surface area (TPSA) is 58.6 Å². The van der Waals surface area contributed by atoms with Crippen molar-refractivity contribution in [2.24, 2.45) is 0 Å². The number of nitrogens with zero attached hydrogens (tertiary/aromatic N) is 1. The summed E-state index contributed by atoms with van der Waals surface area (Å²) in [5.74, 6) is 0.305. The van der Waals surface area contributed by atoms with E-state index < -0.39 is 0 Å². The van der Waals surface area contributed by atoms with Crippen molar-refractivity contribution in [3.63, 3.8) is 0 Å². The summed E-state index contributed by atoms with van der Waals surface area (Å²) >= 11 is 3.60. The number of methoxy groups -OCH3 is 1. The molecule has 2 aliphatic rings. The van der Waals surface area contributed by atoms with Crippen LogP contribution in [0, 0.1) is 0 Å². The van der Waals surface area contributed by atoms with Gasteiger partial charge in [-0.3, -0.25) is 14.5 Å². The number of nitrogens with one attached hydrogen (secondary N) is 1. The van der Waals surface area contributed by atoms with Crippen LogP contribution in [0.25, 0.3) is 0 Å². The van der Waals surface area contributed by atoms with Crippen LogP contribution in [0.5, 0.6) is 5.75 Å². The Balaban J connectivity index is 1.70. The molecule has 1 N–H and O–H groups in total. The Bertz CT molecular complexity index is 846. The van der Waals surface area contributed by atoms with E-state index in [4.69, 9.17) is 4.74 Å². The summed E-state index contributed by atoms with van der Waals surface area (Å²) in [6, 6.07) is 10.7. The highest BCUT2D eigenvalue weighted by Crippen LogP contribution is 2.37. The molecule has 0 saturated heterocycles. The van der Waals surface area contributed by atoms with Crippen LogP contribution in [-0.4, -0.2) is 36.9 Å². The Labute approximate surface area is 154 Å². The van der Waals surface area contributed by atoms with E-state index in [0.717, 1.165) is 28.8 Å². The average Bonchev–Trinajstić information content (AvgIpc) is 2.88. The van der Waals surface area contributed by atoms with Gasteiger partial charge in [0, 0.05) is 16.6 Å². The van der Waals surface area contributed by atoms with Crippen LogP contribution < -0.4 is 10.1 Å². The van der Waals surface area contributed by atoms with Crippen LogP contribution in [-0.2, 0) is 6.42 Å². The first-order chi connectivity index (χ1) is 12.1. The number of ether oxygens (including phenoxy) is 1. The van der Waals surface area contributed by atoms with Crippen LogP contribution in [0.15, 0.2) is 40.9 Å². The third-order valence-electron chi connectivity index (χ3n) is 4.84. The molecule has 128 valence electrons. The highest BCUT2D eigenvalue weighted by Gasteiger charge is 2.38. The minimum Gasteiger partial charge on any atom is -0.496 e. The molecule has 1 atom stereocenters. The lowest BCUT2D eigenvalue weighted by Crippen LogP contribution is -2.41. The minimum absolute atomic E-state index is 0.154. The molecule has 5 nitrogen and oxygen atoms in total. The van der Waals surface area contributed by atoms with Crippen LogP contribution in [0.2, 0.25) is 0 Å². The molecule has 0 aromatic heterocycles. The first-order valence-corrected chi connectivity index (χ1v) is 8.95. The number of hydrogen-bond donors (Lipinski definition) is 1. The number of hydrogen-bond acceptors (Lipinski definition) is 4. The molecule has 4 rings (SSSR count). The van der Waals surface area contributed by atoms with E-state index >= 15 is 0 Å². The largest absolute Gasteiger partial charge is 0.496 e. The summed E-state index contributed by atoms with van der Waals surface area (Å²) in [4.78, 5) is 26.6. The van der Waals surface area contributed by atoms with Crippen molar-refractivity contribution in [2.45, 2.75) is 12.5 Å². The van der Waals surface area contributed by atoms with E-state index in [1.54, 1.807) is 31.4 Å². The van der Waals surface area contributed by atoms with Gasteiger partial charge >= 0.3 is 0 Å². The Morgan fingerprint density at radius 2 is 1.84 bits per heavy atom. The fourth-order valence-corrected chi connectivity index (χ4v) is 4.19. The Morgan fingerprint density at radius 1 is 1.16 bits per heavy atom. The molecule has 0 fully saturated rings. The van der Waals surface area contributed by atoms with Gasteiger partial charge in [-0.2, -0.15) is 0 Å². The second-order valence-electron chi connectivity index (χ2n) is 6.17. The molecule has 0 saturated carbocycles. The fourth-order valence-electron chi connectivity index (χ4n) is 3.65. The van der Waals surface area contributed by atoms with Gasteiger partial charge in [0.2, 0.25) is 0 Å². The molecule has 0 radical (unpaired) electrons. The summed E-state index contributed by atoms with van der Waals surface area (Å²) in [5.41, 5.74) is 3.13. The van der Waals surface area contributed by atoms with Crippen molar-refractivity contribution in [2.75, 3.05) is 20.2 Å². The molecular formula is C19H17BrN2O3. The van der Waals surface area contributed by atoms with Crippen molar-refractivity contribution < 1.29 is 14.3 Å². The van der Waals surface area contributed by atoms with Crippen LogP contribution in [0.1, 0.15) is 37.9 Å². The number of amides is 2. The smallest absolute Gasteiger partial charge is 0.261 e. The van der Waals surface area contributed by atoms with E-state index in [9.17, 15) is 9.59 Å². The maximum atomic E-state index is 12.7. The van der Waals surface area contributed by atoms with Crippen LogP contribution in [0.4, 0.5) is 0 Å². The van der Waals surface area contributed by atoms with Crippen molar-refractivity contribution in [1.82, 2.24) is 10.2 Å². The number of carbonyl (C=O) groups excluding carboxylic acids is 2. The summed E-state index contributed by atoms with van der Waals surface area (Å²) < 4.78 is 6.55. The molecule has 2 aromatic carbocycles. The van der Waals surface area contributed by atoms with Gasteiger partial charge in [-0.1, -0.05) is 28.1 Å². The molecule has 0 aliphatic carbocycles. The normalized spacial score (nSPS) is 19.0. The van der Waals surface area contributed by atoms with Crippen LogP contribution in [0.3, 0.4) is 0 Å². The molecule has 2 aliphatic heterocycles. The first-order valence-electron chi connectivity index (χ1n) is 8.15. The van der Waals surface area contributed by atoms with Crippen molar-refractivity contribution in [3.8, 4) is 5.75 Å². The molecule has 0 bridgehead atoms. The third kappa shape index (κ3) is 2.56. The number of rotatable bonds is 3. The summed E-state index contributed by atoms with van der Waals surface area (Å²) in [6.07, 6.45) is 0.867. The lowest BCUT2D eigenvalue weighted by molar-refractivity contribution is 0.0636. The molecule has 6 heteroatoms. The Morgan fingerprint density at radius 3 is 2.48 bits per heavy atom. The average molecular weight is 401 g/mol. The van der Waals surface area contributed by atoms with E-state index in [0.29, 0.717) is 11.1 Å². The molecule has 2 aromatic rings. The second-order valence-corrected chi connectivity index (χ2v) is 7.02. The number of imide groups is 1. The predicted octanol–water partition coefficient (Wildman–Crippen LogP) is 2.94. The van der Waals surface area contributed by atoms with Gasteiger partial charge in [0.15, 0.2) is 0 Å². The van der Waals surface area contributed by atoms with Gasteiger partial charge in [-0.15, -0.1) is 0 Å². The zero-order valence-corrected chi connectivity index (χ0v) is 15.3. The second kappa shape index (κ2) is 6.28. The van der Waals surface area contributed by atoms with Crippen molar-refractivity contribution >= 4 is 27.7 Å². The van der Waals surface area contributed by atoms with Crippen molar-refractivity contribution in [3.05, 3.63) is 63.1 Å². The zero-order valence-electron chi connectivity index (χ0n) is 13.7. The van der Waals surface area contributed by atoms with E-state index in [-0.39, 0.29) is 24.4 Å². The van der Waals surface area contributed by atoms with Gasteiger partial charge in [0.1, 0.15) is 5.75 Å². The lowest BCUT2D eigenvalue weighted by atomic mass is 9.93. The number of halogens is 1. The van der Waals surface area contributed by atoms with Gasteiger partial charge in [-0.25, -0.2) is 0 Å². The maximum Gasteiger partial charge on any atom is 0.261 e. The van der Waals surface area contributed by atoms with E-state index in [1.165, 1.54) is 10.5 Å². The van der Waals surface area contributed by atoms with E-state index in [1.807, 2.05) is 12.1 Å². The predicted molar refractivity (Wildman–Crippen MR) is 97.0 cm³/mol. The van der Waals surface area contributed by atoms with Gasteiger partial charge in [0.25, 0.3) is 11.8 Å². The SMILES string of the molecule is COc1ccc(Br)c2c1C(CN1C(=O)c3ccccc3C1=O)NCC2. The Kier molecular flexibility index (Phi) is 4.09. The molecule has 2 heterocycles. The minimum atomic E-state index is -0.233. The number of carbonyl (C=O) groups is 2. The van der Waals surface area contributed by atoms with E-state index in [2.05, 4.69) is 21.2 Å². The van der Waals surface area contributed by atoms with Crippen molar-refractivity contribution in [1.29, 1.82) is 0 Å². The van der Waals surface area contributed by atoms with Crippen LogP contribution >= 0.6 is 15.9 Å². The molecule has 25 heavy (non-hydrogen) atoms. The lowest BCUT2D eigenvalue weighted by Gasteiger charge is -2.31. The maximum absolute atomic E-state index is 12.7. The van der Waals surface area contributed by atoms with Gasteiger partial charge in [-0.05, 0) is 42.8 Å². The standard InChI is InChI=1S/C19H17BrN2O3/c1-25-16-7-6-14(20)13-8-9-21-15(17(13)16)10-22-18(23)11-4-2-3-5-12(11)19(22)24/h2-7,15,21H,8-10H2,1H3. The summed E-state index contributed by atoms with van der Waals surface area (Å²) in [6.45, 7) is 1.07. The summed E-state index contributed by atoms with van der Waals surface area (Å²) in [5, 5.41) is 3.43. The van der Waals surface area contributed by atoms with Gasteiger partial charge in [0.05, 0.1) is 24.3 Å².